The van der Waals surface area contributed by atoms with Gasteiger partial charge in [0.05, 0.1) is 16.6 Å². The number of hydrogen-bond acceptors (Lipinski definition) is 3. The number of nitrogens with zero attached hydrogens (tertiary/aromatic N) is 2. The molecule has 2 unspecified atom stereocenters. The molecule has 2 aromatic rings. The van der Waals surface area contributed by atoms with Crippen molar-refractivity contribution in [2.45, 2.75) is 24.8 Å². The van der Waals surface area contributed by atoms with Gasteiger partial charge in [-0.25, -0.2) is 0 Å². The maximum absolute atomic E-state index is 6.02. The van der Waals surface area contributed by atoms with E-state index >= 15 is 0 Å². The summed E-state index contributed by atoms with van der Waals surface area (Å²) in [4.78, 5) is 9.63. The van der Waals surface area contributed by atoms with E-state index in [2.05, 4.69) is 16.2 Å². The highest BCUT2D eigenvalue weighted by molar-refractivity contribution is 6.21. The lowest BCUT2D eigenvalue weighted by atomic mass is 10.0. The predicted molar refractivity (Wildman–Crippen MR) is 73.1 cm³/mol. The summed E-state index contributed by atoms with van der Waals surface area (Å²) < 4.78 is 0. The predicted octanol–water partition coefficient (Wildman–Crippen LogP) is 3.36. The molecule has 1 aliphatic heterocycles. The van der Waals surface area contributed by atoms with Crippen molar-refractivity contribution in [2.75, 3.05) is 0 Å². The van der Waals surface area contributed by atoms with E-state index in [1.807, 2.05) is 31.2 Å². The SMILES string of the molecule is CC(Cl)C1CC(c2ccc3ncccc3c2)=NO1. The first-order chi connectivity index (χ1) is 8.74. The average Bonchev–Trinajstić information content (AvgIpc) is 2.88. The fourth-order valence-corrected chi connectivity index (χ4v) is 2.20. The summed E-state index contributed by atoms with van der Waals surface area (Å²) in [7, 11) is 0. The van der Waals surface area contributed by atoms with Crippen molar-refractivity contribution in [1.82, 2.24) is 4.98 Å². The standard InChI is InChI=1S/C14H13ClN2O/c1-9(15)14-8-13(17-18-14)11-4-5-12-10(7-11)3-2-6-16-12/h2-7,9,14H,8H2,1H3. The molecule has 18 heavy (non-hydrogen) atoms. The van der Waals surface area contributed by atoms with Crippen molar-refractivity contribution >= 4 is 28.2 Å². The molecule has 4 heteroatoms. The Labute approximate surface area is 110 Å². The van der Waals surface area contributed by atoms with Gasteiger partial charge in [0.15, 0.2) is 0 Å². The van der Waals surface area contributed by atoms with E-state index in [1.165, 1.54) is 0 Å². The van der Waals surface area contributed by atoms with Gasteiger partial charge in [-0.2, -0.15) is 0 Å². The molecule has 2 atom stereocenters. The number of hydrogen-bond donors (Lipinski definition) is 0. The fraction of sp³-hybridized carbons (Fsp3) is 0.286. The first kappa shape index (κ1) is 11.5. The molecule has 0 amide bonds. The second-order valence-corrected chi connectivity index (χ2v) is 5.16. The quantitative estimate of drug-likeness (QED) is 0.776. The van der Waals surface area contributed by atoms with Gasteiger partial charge in [0.1, 0.15) is 6.10 Å². The molecule has 0 radical (unpaired) electrons. The zero-order valence-electron chi connectivity index (χ0n) is 10.0. The van der Waals surface area contributed by atoms with Crippen molar-refractivity contribution in [3.8, 4) is 0 Å². The molecule has 3 nitrogen and oxygen atoms in total. The summed E-state index contributed by atoms with van der Waals surface area (Å²) in [5, 5.41) is 5.20. The van der Waals surface area contributed by atoms with Crippen LogP contribution in [0.5, 0.6) is 0 Å². The van der Waals surface area contributed by atoms with E-state index in [0.29, 0.717) is 0 Å². The third kappa shape index (κ3) is 2.06. The van der Waals surface area contributed by atoms with Crippen LogP contribution in [0.4, 0.5) is 0 Å². The fourth-order valence-electron chi connectivity index (χ4n) is 2.07. The molecule has 0 spiro atoms. The molecule has 3 rings (SSSR count). The van der Waals surface area contributed by atoms with Gasteiger partial charge in [-0.1, -0.05) is 17.3 Å². The molecule has 92 valence electrons. The minimum atomic E-state index is -0.0339. The van der Waals surface area contributed by atoms with E-state index in [4.69, 9.17) is 16.4 Å². The number of fused-ring (bicyclic) bond motifs is 1. The lowest BCUT2D eigenvalue weighted by molar-refractivity contribution is 0.0855. The van der Waals surface area contributed by atoms with Crippen LogP contribution in [0, 0.1) is 0 Å². The molecule has 0 N–H and O–H groups in total. The minimum absolute atomic E-state index is 0.0220. The average molecular weight is 261 g/mol. The van der Waals surface area contributed by atoms with Crippen LogP contribution in [-0.4, -0.2) is 22.2 Å². The van der Waals surface area contributed by atoms with E-state index in [1.54, 1.807) is 6.20 Å². The molecule has 1 aromatic heterocycles. The summed E-state index contributed by atoms with van der Waals surface area (Å²) in [6, 6.07) is 10.1. The Balaban J connectivity index is 1.92. The van der Waals surface area contributed by atoms with Crippen molar-refractivity contribution in [2.24, 2.45) is 5.16 Å². The maximum Gasteiger partial charge on any atom is 0.149 e. The monoisotopic (exact) mass is 260 g/mol. The Hall–Kier alpha value is -1.61. The molecular formula is C14H13ClN2O. The molecule has 1 aromatic carbocycles. The summed E-state index contributed by atoms with van der Waals surface area (Å²) in [6.07, 6.45) is 2.53. The molecule has 0 saturated heterocycles. The number of halogens is 1. The van der Waals surface area contributed by atoms with Crippen LogP contribution in [0.2, 0.25) is 0 Å². The molecule has 1 aliphatic rings. The van der Waals surface area contributed by atoms with Crippen LogP contribution in [-0.2, 0) is 4.84 Å². The molecule has 2 heterocycles. The second-order valence-electron chi connectivity index (χ2n) is 4.47. The van der Waals surface area contributed by atoms with Crippen LogP contribution in [0.25, 0.3) is 10.9 Å². The Bertz CT molecular complexity index is 610. The highest BCUT2D eigenvalue weighted by Crippen LogP contribution is 2.23. The zero-order valence-corrected chi connectivity index (χ0v) is 10.8. The van der Waals surface area contributed by atoms with E-state index in [0.717, 1.165) is 28.6 Å². The number of benzene rings is 1. The molecule has 0 bridgehead atoms. The first-order valence-corrected chi connectivity index (χ1v) is 6.39. The van der Waals surface area contributed by atoms with Gasteiger partial charge in [0.25, 0.3) is 0 Å². The maximum atomic E-state index is 6.02. The Morgan fingerprint density at radius 1 is 1.39 bits per heavy atom. The Kier molecular flexibility index (Phi) is 2.92. The highest BCUT2D eigenvalue weighted by Gasteiger charge is 2.26. The number of alkyl halides is 1. The zero-order chi connectivity index (χ0) is 12.5. The molecule has 0 aliphatic carbocycles. The third-order valence-electron chi connectivity index (χ3n) is 3.14. The van der Waals surface area contributed by atoms with E-state index < -0.39 is 0 Å². The van der Waals surface area contributed by atoms with Crippen LogP contribution >= 0.6 is 11.6 Å². The van der Waals surface area contributed by atoms with Gasteiger partial charge >= 0.3 is 0 Å². The smallest absolute Gasteiger partial charge is 0.149 e. The summed E-state index contributed by atoms with van der Waals surface area (Å²) in [5.74, 6) is 0. The van der Waals surface area contributed by atoms with Gasteiger partial charge in [0, 0.05) is 23.6 Å². The normalized spacial score (nSPS) is 20.6. The number of rotatable bonds is 2. The van der Waals surface area contributed by atoms with Crippen molar-refractivity contribution in [1.29, 1.82) is 0 Å². The summed E-state index contributed by atoms with van der Waals surface area (Å²) in [6.45, 7) is 1.93. The number of pyridine rings is 1. The largest absolute Gasteiger partial charge is 0.390 e. The van der Waals surface area contributed by atoms with Gasteiger partial charge < -0.3 is 4.84 Å². The first-order valence-electron chi connectivity index (χ1n) is 5.96. The van der Waals surface area contributed by atoms with Gasteiger partial charge in [0.2, 0.25) is 0 Å². The van der Waals surface area contributed by atoms with Gasteiger partial charge in [-0.15, -0.1) is 11.6 Å². The minimum Gasteiger partial charge on any atom is -0.390 e. The third-order valence-corrected chi connectivity index (χ3v) is 3.42. The van der Waals surface area contributed by atoms with E-state index in [9.17, 15) is 0 Å². The summed E-state index contributed by atoms with van der Waals surface area (Å²) >= 11 is 6.02. The van der Waals surface area contributed by atoms with Gasteiger partial charge in [-0.3, -0.25) is 4.98 Å². The topological polar surface area (TPSA) is 34.5 Å². The van der Waals surface area contributed by atoms with E-state index in [-0.39, 0.29) is 11.5 Å². The van der Waals surface area contributed by atoms with Crippen molar-refractivity contribution < 1.29 is 4.84 Å². The summed E-state index contributed by atoms with van der Waals surface area (Å²) in [5.41, 5.74) is 3.02. The number of oxime groups is 1. The van der Waals surface area contributed by atoms with Gasteiger partial charge in [-0.05, 0) is 25.1 Å². The Morgan fingerprint density at radius 3 is 3.06 bits per heavy atom. The van der Waals surface area contributed by atoms with Crippen LogP contribution < -0.4 is 0 Å². The lowest BCUT2D eigenvalue weighted by Crippen LogP contribution is -2.18. The van der Waals surface area contributed by atoms with Crippen LogP contribution in [0.3, 0.4) is 0 Å². The van der Waals surface area contributed by atoms with Crippen LogP contribution in [0.1, 0.15) is 18.9 Å². The Morgan fingerprint density at radius 2 is 2.28 bits per heavy atom. The molecular weight excluding hydrogens is 248 g/mol. The highest BCUT2D eigenvalue weighted by atomic mass is 35.5. The molecule has 0 saturated carbocycles. The number of aromatic nitrogens is 1. The van der Waals surface area contributed by atoms with Crippen molar-refractivity contribution in [3.63, 3.8) is 0 Å². The molecule has 0 fully saturated rings. The lowest BCUT2D eigenvalue weighted by Gasteiger charge is -2.09. The van der Waals surface area contributed by atoms with Crippen molar-refractivity contribution in [3.05, 3.63) is 42.1 Å². The second kappa shape index (κ2) is 4.58. The van der Waals surface area contributed by atoms with Crippen LogP contribution in [0.15, 0.2) is 41.7 Å².